The minimum absolute atomic E-state index is 0.109. The fourth-order valence-electron chi connectivity index (χ4n) is 4.42. The number of nitrogens with zero attached hydrogens (tertiary/aromatic N) is 4. The summed E-state index contributed by atoms with van der Waals surface area (Å²) in [5.74, 6) is -0.107. The van der Waals surface area contributed by atoms with Gasteiger partial charge in [-0.2, -0.15) is 0 Å². The molecule has 2 aromatic heterocycles. The van der Waals surface area contributed by atoms with E-state index in [1.807, 2.05) is 42.5 Å². The molecule has 1 aliphatic heterocycles. The Balaban J connectivity index is 1.52. The first-order valence-corrected chi connectivity index (χ1v) is 10.9. The lowest BCUT2D eigenvalue weighted by Gasteiger charge is -2.40. The van der Waals surface area contributed by atoms with Crippen molar-refractivity contribution in [3.63, 3.8) is 0 Å². The minimum atomic E-state index is -0.303. The van der Waals surface area contributed by atoms with E-state index >= 15 is 0 Å². The molecule has 2 aromatic carbocycles. The van der Waals surface area contributed by atoms with Gasteiger partial charge in [-0.3, -0.25) is 14.9 Å². The maximum absolute atomic E-state index is 14.3. The van der Waals surface area contributed by atoms with Gasteiger partial charge < -0.3 is 10.0 Å². The number of anilines is 1. The molecule has 32 heavy (non-hydrogen) atoms. The third-order valence-electron chi connectivity index (χ3n) is 5.98. The van der Waals surface area contributed by atoms with E-state index in [1.165, 1.54) is 6.07 Å². The highest BCUT2D eigenvalue weighted by molar-refractivity contribution is 6.35. The normalized spacial score (nSPS) is 15.8. The summed E-state index contributed by atoms with van der Waals surface area (Å²) in [6, 6.07) is 17.7. The van der Waals surface area contributed by atoms with Gasteiger partial charge in [0.1, 0.15) is 17.1 Å². The van der Waals surface area contributed by atoms with E-state index in [0.717, 1.165) is 5.69 Å². The summed E-state index contributed by atoms with van der Waals surface area (Å²) in [4.78, 5) is 13.2. The summed E-state index contributed by atoms with van der Waals surface area (Å²) in [5, 5.41) is 12.4. The van der Waals surface area contributed by atoms with E-state index in [-0.39, 0.29) is 17.6 Å². The van der Waals surface area contributed by atoms with Gasteiger partial charge in [0.15, 0.2) is 0 Å². The maximum Gasteiger partial charge on any atom is 0.147 e. The molecule has 0 bridgehead atoms. The Morgan fingerprint density at radius 3 is 2.41 bits per heavy atom. The molecule has 1 atom stereocenters. The van der Waals surface area contributed by atoms with Crippen molar-refractivity contribution in [3.05, 3.63) is 95.2 Å². The van der Waals surface area contributed by atoms with Crippen LogP contribution in [0.25, 0.3) is 10.9 Å². The lowest BCUT2D eigenvalue weighted by molar-refractivity contribution is 0.206. The molecule has 7 heteroatoms. The minimum Gasteiger partial charge on any atom is -0.505 e. The van der Waals surface area contributed by atoms with Crippen molar-refractivity contribution in [2.45, 2.75) is 6.04 Å². The van der Waals surface area contributed by atoms with Crippen LogP contribution in [0, 0.1) is 5.82 Å². The molecular weight excluding hydrogens is 427 g/mol. The Bertz CT molecular complexity index is 1250. The first-order chi connectivity index (χ1) is 15.6. The average molecular weight is 449 g/mol. The van der Waals surface area contributed by atoms with Crippen molar-refractivity contribution in [2.24, 2.45) is 0 Å². The maximum atomic E-state index is 14.3. The number of phenolic OH excluding ortho intramolecular Hbond substituents is 1. The number of phenols is 1. The fraction of sp³-hybridized carbons (Fsp3) is 0.200. The molecule has 1 saturated heterocycles. The standard InChI is InChI=1S/C25H22ClFN4O/c26-19-16-18(25(32)23-17(19)6-5-11-29-23)24(21-8-3-4-10-28-21)31-14-12-30(13-15-31)22-9-2-1-7-20(22)27/h1-11,16,24,32H,12-15H2. The fourth-order valence-corrected chi connectivity index (χ4v) is 4.69. The number of hydrogen-bond acceptors (Lipinski definition) is 5. The predicted molar refractivity (Wildman–Crippen MR) is 125 cm³/mol. The van der Waals surface area contributed by atoms with Crippen LogP contribution < -0.4 is 4.90 Å². The molecule has 1 fully saturated rings. The van der Waals surface area contributed by atoms with Crippen LogP contribution in [0.3, 0.4) is 0 Å². The number of rotatable bonds is 4. The second-order valence-electron chi connectivity index (χ2n) is 7.83. The molecule has 4 aromatic rings. The Kier molecular flexibility index (Phi) is 5.64. The number of benzene rings is 2. The number of piperazine rings is 1. The lowest BCUT2D eigenvalue weighted by atomic mass is 9.97. The third-order valence-corrected chi connectivity index (χ3v) is 6.29. The van der Waals surface area contributed by atoms with Crippen molar-refractivity contribution < 1.29 is 9.50 Å². The summed E-state index contributed by atoms with van der Waals surface area (Å²) >= 11 is 6.59. The van der Waals surface area contributed by atoms with Gasteiger partial charge in [-0.1, -0.05) is 29.8 Å². The average Bonchev–Trinajstić information content (AvgIpc) is 2.84. The summed E-state index contributed by atoms with van der Waals surface area (Å²) < 4.78 is 14.3. The first-order valence-electron chi connectivity index (χ1n) is 10.5. The predicted octanol–water partition coefficient (Wildman–Crippen LogP) is 5.04. The second-order valence-corrected chi connectivity index (χ2v) is 8.23. The summed E-state index contributed by atoms with van der Waals surface area (Å²) in [6.45, 7) is 2.66. The van der Waals surface area contributed by atoms with Crippen molar-refractivity contribution in [1.82, 2.24) is 14.9 Å². The number of para-hydroxylation sites is 1. The van der Waals surface area contributed by atoms with E-state index in [1.54, 1.807) is 24.5 Å². The third kappa shape index (κ3) is 3.76. The molecule has 0 radical (unpaired) electrons. The molecule has 0 aliphatic carbocycles. The van der Waals surface area contributed by atoms with Crippen LogP contribution in [0.4, 0.5) is 10.1 Å². The van der Waals surface area contributed by atoms with Crippen LogP contribution in [-0.4, -0.2) is 46.2 Å². The Hall–Kier alpha value is -3.22. The highest BCUT2D eigenvalue weighted by atomic mass is 35.5. The van der Waals surface area contributed by atoms with Crippen LogP contribution in [0.5, 0.6) is 5.75 Å². The molecule has 5 nitrogen and oxygen atoms in total. The Morgan fingerprint density at radius 2 is 1.66 bits per heavy atom. The van der Waals surface area contributed by atoms with Crippen molar-refractivity contribution in [3.8, 4) is 5.75 Å². The van der Waals surface area contributed by atoms with Gasteiger partial charge in [-0.05, 0) is 42.5 Å². The van der Waals surface area contributed by atoms with Gasteiger partial charge in [0.25, 0.3) is 0 Å². The van der Waals surface area contributed by atoms with Crippen LogP contribution >= 0.6 is 11.6 Å². The molecule has 0 spiro atoms. The van der Waals surface area contributed by atoms with E-state index < -0.39 is 0 Å². The highest BCUT2D eigenvalue weighted by Crippen LogP contribution is 2.40. The van der Waals surface area contributed by atoms with Crippen LogP contribution in [-0.2, 0) is 0 Å². The number of halogens is 2. The molecule has 5 rings (SSSR count). The summed E-state index contributed by atoms with van der Waals surface area (Å²) in [7, 11) is 0. The van der Waals surface area contributed by atoms with Crippen molar-refractivity contribution in [1.29, 1.82) is 0 Å². The number of fused-ring (bicyclic) bond motifs is 1. The summed E-state index contributed by atoms with van der Waals surface area (Å²) in [6.07, 6.45) is 3.39. The monoisotopic (exact) mass is 448 g/mol. The SMILES string of the molecule is Oc1c(C(c2ccccn2)N2CCN(c3ccccc3F)CC2)cc(Cl)c2cccnc12. The van der Waals surface area contributed by atoms with E-state index in [9.17, 15) is 9.50 Å². The van der Waals surface area contributed by atoms with E-state index in [4.69, 9.17) is 11.6 Å². The molecule has 0 amide bonds. The van der Waals surface area contributed by atoms with Gasteiger partial charge in [0.2, 0.25) is 0 Å². The van der Waals surface area contributed by atoms with Crippen LogP contribution in [0.1, 0.15) is 17.3 Å². The smallest absolute Gasteiger partial charge is 0.147 e. The lowest BCUT2D eigenvalue weighted by Crippen LogP contribution is -2.48. The Labute approximate surface area is 190 Å². The molecule has 0 saturated carbocycles. The highest BCUT2D eigenvalue weighted by Gasteiger charge is 2.31. The number of aromatic nitrogens is 2. The number of hydrogen-bond donors (Lipinski definition) is 1. The quantitative estimate of drug-likeness (QED) is 0.474. The number of pyridine rings is 2. The topological polar surface area (TPSA) is 52.5 Å². The molecule has 162 valence electrons. The molecule has 1 N–H and O–H groups in total. The number of aromatic hydroxyl groups is 1. The second kappa shape index (κ2) is 8.73. The molecule has 1 aliphatic rings. The van der Waals surface area contributed by atoms with Gasteiger partial charge in [-0.15, -0.1) is 0 Å². The molecular formula is C25H22ClFN4O. The van der Waals surface area contributed by atoms with E-state index in [0.29, 0.717) is 53.4 Å². The summed E-state index contributed by atoms with van der Waals surface area (Å²) in [5.41, 5.74) is 2.57. The van der Waals surface area contributed by atoms with E-state index in [2.05, 4.69) is 19.8 Å². The van der Waals surface area contributed by atoms with Gasteiger partial charge in [0, 0.05) is 49.5 Å². The zero-order chi connectivity index (χ0) is 22.1. The Morgan fingerprint density at radius 1 is 0.906 bits per heavy atom. The zero-order valence-electron chi connectivity index (χ0n) is 17.3. The zero-order valence-corrected chi connectivity index (χ0v) is 18.1. The largest absolute Gasteiger partial charge is 0.505 e. The van der Waals surface area contributed by atoms with Gasteiger partial charge in [-0.25, -0.2) is 4.39 Å². The van der Waals surface area contributed by atoms with Crippen LogP contribution in [0.15, 0.2) is 73.1 Å². The molecule has 1 unspecified atom stereocenters. The molecule has 3 heterocycles. The van der Waals surface area contributed by atoms with Crippen molar-refractivity contribution in [2.75, 3.05) is 31.1 Å². The van der Waals surface area contributed by atoms with Crippen LogP contribution in [0.2, 0.25) is 5.02 Å². The van der Waals surface area contributed by atoms with Gasteiger partial charge >= 0.3 is 0 Å². The first kappa shape index (κ1) is 20.7. The van der Waals surface area contributed by atoms with Gasteiger partial charge in [0.05, 0.1) is 22.4 Å². The van der Waals surface area contributed by atoms with Crippen molar-refractivity contribution >= 4 is 28.2 Å².